The van der Waals surface area contributed by atoms with E-state index in [1.54, 1.807) is 6.92 Å². The third-order valence-corrected chi connectivity index (χ3v) is 3.24. The molecule has 0 aromatic heterocycles. The molecule has 0 unspecified atom stereocenters. The fourth-order valence-electron chi connectivity index (χ4n) is 2.38. The molecule has 0 spiro atoms. The Kier molecular flexibility index (Phi) is 7.17. The summed E-state index contributed by atoms with van der Waals surface area (Å²) in [4.78, 5) is 36.5. The second-order valence-electron chi connectivity index (χ2n) is 6.75. The summed E-state index contributed by atoms with van der Waals surface area (Å²) in [6.07, 6.45) is 1.41. The molecule has 1 aliphatic rings. The Morgan fingerprint density at radius 3 is 2.60 bits per heavy atom. The van der Waals surface area contributed by atoms with Gasteiger partial charge in [-0.15, -0.1) is 0 Å². The van der Waals surface area contributed by atoms with Crippen molar-refractivity contribution in [3.8, 4) is 0 Å². The molecule has 0 aliphatic carbocycles. The van der Waals surface area contributed by atoms with Gasteiger partial charge in [0.2, 0.25) is 0 Å². The van der Waals surface area contributed by atoms with Crippen LogP contribution in [0, 0.1) is 0 Å². The normalized spacial score (nSPS) is 17.4. The van der Waals surface area contributed by atoms with E-state index in [2.05, 4.69) is 11.9 Å². The average Bonchev–Trinajstić information content (AvgIpc) is 2.47. The van der Waals surface area contributed by atoms with Crippen molar-refractivity contribution in [2.24, 2.45) is 0 Å². The van der Waals surface area contributed by atoms with Gasteiger partial charge in [-0.25, -0.2) is 9.59 Å². The molecule has 8 heteroatoms. The number of carbonyl (C=O) groups excluding carboxylic acids is 2. The number of carboxylic acids is 1. The quantitative estimate of drug-likeness (QED) is 0.664. The molecule has 0 saturated heterocycles. The van der Waals surface area contributed by atoms with Gasteiger partial charge in [0.25, 0.3) is 0 Å². The Hall–Kier alpha value is -2.35. The molecule has 2 atom stereocenters. The highest BCUT2D eigenvalue weighted by Crippen LogP contribution is 2.15. The van der Waals surface area contributed by atoms with Gasteiger partial charge in [-0.3, -0.25) is 9.69 Å². The zero-order valence-corrected chi connectivity index (χ0v) is 15.1. The highest BCUT2D eigenvalue weighted by molar-refractivity contribution is 5.95. The molecule has 2 N–H and O–H groups in total. The molecule has 1 amide bonds. The number of carbonyl (C=O) groups is 3. The molecular weight excluding hydrogens is 328 g/mol. The summed E-state index contributed by atoms with van der Waals surface area (Å²) < 4.78 is 10.6. The SMILES string of the molecule is C=CCOC(=O)N1CC(=O)C=C(N[C@H](C(=O)O)[C@@H](C)OC(C)(C)C)C1. The van der Waals surface area contributed by atoms with Gasteiger partial charge in [0.15, 0.2) is 11.8 Å². The largest absolute Gasteiger partial charge is 0.480 e. The maximum absolute atomic E-state index is 11.9. The number of ether oxygens (including phenoxy) is 2. The van der Waals surface area contributed by atoms with E-state index >= 15 is 0 Å². The molecule has 140 valence electrons. The molecule has 1 rings (SSSR count). The number of nitrogens with one attached hydrogen (secondary N) is 1. The fraction of sp³-hybridized carbons (Fsp3) is 0.588. The van der Waals surface area contributed by atoms with Gasteiger partial charge in [0.1, 0.15) is 6.61 Å². The lowest BCUT2D eigenvalue weighted by Crippen LogP contribution is -2.51. The lowest BCUT2D eigenvalue weighted by Gasteiger charge is -2.32. The minimum atomic E-state index is -1.11. The smallest absolute Gasteiger partial charge is 0.410 e. The van der Waals surface area contributed by atoms with Crippen molar-refractivity contribution < 1.29 is 29.0 Å². The number of ketones is 1. The van der Waals surface area contributed by atoms with Crippen molar-refractivity contribution in [1.29, 1.82) is 0 Å². The minimum Gasteiger partial charge on any atom is -0.480 e. The fourth-order valence-corrected chi connectivity index (χ4v) is 2.38. The van der Waals surface area contributed by atoms with Crippen LogP contribution in [0.4, 0.5) is 4.79 Å². The summed E-state index contributed by atoms with van der Waals surface area (Å²) in [5, 5.41) is 12.3. The first-order chi connectivity index (χ1) is 11.5. The van der Waals surface area contributed by atoms with Crippen LogP contribution in [0.1, 0.15) is 27.7 Å². The van der Waals surface area contributed by atoms with Crippen LogP contribution in [0.3, 0.4) is 0 Å². The van der Waals surface area contributed by atoms with Crippen LogP contribution in [0.15, 0.2) is 24.4 Å². The van der Waals surface area contributed by atoms with E-state index in [-0.39, 0.29) is 25.5 Å². The topological polar surface area (TPSA) is 105 Å². The van der Waals surface area contributed by atoms with Gasteiger partial charge in [0, 0.05) is 11.8 Å². The number of hydrogen-bond acceptors (Lipinski definition) is 6. The number of hydrogen-bond donors (Lipinski definition) is 2. The van der Waals surface area contributed by atoms with Crippen molar-refractivity contribution in [3.63, 3.8) is 0 Å². The Morgan fingerprint density at radius 1 is 1.44 bits per heavy atom. The zero-order valence-electron chi connectivity index (χ0n) is 15.1. The Labute approximate surface area is 147 Å². The average molecular weight is 354 g/mol. The first-order valence-corrected chi connectivity index (χ1v) is 7.96. The van der Waals surface area contributed by atoms with Crippen molar-refractivity contribution in [3.05, 3.63) is 24.4 Å². The van der Waals surface area contributed by atoms with E-state index in [0.717, 1.165) is 0 Å². The van der Waals surface area contributed by atoms with E-state index in [9.17, 15) is 19.5 Å². The van der Waals surface area contributed by atoms with Gasteiger partial charge in [-0.05, 0) is 27.7 Å². The summed E-state index contributed by atoms with van der Waals surface area (Å²) in [5.74, 6) is -1.44. The molecule has 0 bridgehead atoms. The number of carboxylic acid groups (broad SMARTS) is 1. The molecule has 25 heavy (non-hydrogen) atoms. The maximum Gasteiger partial charge on any atom is 0.410 e. The van der Waals surface area contributed by atoms with Crippen molar-refractivity contribution >= 4 is 17.8 Å². The zero-order chi connectivity index (χ0) is 19.2. The summed E-state index contributed by atoms with van der Waals surface area (Å²) in [6.45, 7) is 10.5. The Bertz CT molecular complexity index is 564. The predicted octanol–water partition coefficient (Wildman–Crippen LogP) is 1.32. The van der Waals surface area contributed by atoms with Crippen LogP contribution in [0.5, 0.6) is 0 Å². The first kappa shape index (κ1) is 20.7. The van der Waals surface area contributed by atoms with Crippen LogP contribution in [0.2, 0.25) is 0 Å². The van der Waals surface area contributed by atoms with E-state index < -0.39 is 29.8 Å². The standard InChI is InChI=1S/C17H26N2O6/c1-6-7-24-16(23)19-9-12(8-13(20)10-19)18-14(15(21)22)11(2)25-17(3,4)5/h6,8,11,14,18H,1,7,9-10H2,2-5H3,(H,21,22)/t11-,14+/m1/s1. The first-order valence-electron chi connectivity index (χ1n) is 7.96. The number of nitrogens with zero attached hydrogens (tertiary/aromatic N) is 1. The van der Waals surface area contributed by atoms with Crippen molar-refractivity contribution in [2.45, 2.75) is 45.4 Å². The van der Waals surface area contributed by atoms with Crippen LogP contribution in [-0.2, 0) is 19.1 Å². The lowest BCUT2D eigenvalue weighted by molar-refractivity contribution is -0.147. The maximum atomic E-state index is 11.9. The monoisotopic (exact) mass is 354 g/mol. The molecule has 0 fully saturated rings. The van der Waals surface area contributed by atoms with Crippen LogP contribution in [0.25, 0.3) is 0 Å². The highest BCUT2D eigenvalue weighted by atomic mass is 16.6. The molecule has 0 radical (unpaired) electrons. The minimum absolute atomic E-state index is 0.0320. The van der Waals surface area contributed by atoms with Crippen LogP contribution in [-0.4, -0.2) is 65.3 Å². The Balaban J connectivity index is 2.82. The summed E-state index contributed by atoms with van der Waals surface area (Å²) in [6, 6.07) is -1.07. The van der Waals surface area contributed by atoms with Gasteiger partial charge >= 0.3 is 12.1 Å². The number of aliphatic carboxylic acids is 1. The summed E-state index contributed by atoms with van der Waals surface area (Å²) in [5.41, 5.74) is -0.199. The molecular formula is C17H26N2O6. The Morgan fingerprint density at radius 2 is 2.08 bits per heavy atom. The van der Waals surface area contributed by atoms with Crippen molar-refractivity contribution in [1.82, 2.24) is 10.2 Å². The molecule has 1 aliphatic heterocycles. The van der Waals surface area contributed by atoms with E-state index in [4.69, 9.17) is 9.47 Å². The third kappa shape index (κ3) is 6.96. The summed E-state index contributed by atoms with van der Waals surface area (Å²) in [7, 11) is 0. The third-order valence-electron chi connectivity index (χ3n) is 3.24. The highest BCUT2D eigenvalue weighted by Gasteiger charge is 2.32. The van der Waals surface area contributed by atoms with Gasteiger partial charge in [-0.1, -0.05) is 12.7 Å². The van der Waals surface area contributed by atoms with Gasteiger partial charge < -0.3 is 19.9 Å². The number of amides is 1. The second-order valence-corrected chi connectivity index (χ2v) is 6.75. The predicted molar refractivity (Wildman–Crippen MR) is 91.1 cm³/mol. The molecule has 0 aromatic carbocycles. The molecule has 0 aromatic rings. The van der Waals surface area contributed by atoms with Gasteiger partial charge in [-0.2, -0.15) is 0 Å². The summed E-state index contributed by atoms with van der Waals surface area (Å²) >= 11 is 0. The molecule has 8 nitrogen and oxygen atoms in total. The molecule has 1 heterocycles. The van der Waals surface area contributed by atoms with Crippen LogP contribution < -0.4 is 5.32 Å². The second kappa shape index (κ2) is 8.66. The van der Waals surface area contributed by atoms with Gasteiger partial charge in [0.05, 0.1) is 24.8 Å². The van der Waals surface area contributed by atoms with E-state index in [1.807, 2.05) is 20.8 Å². The van der Waals surface area contributed by atoms with Crippen LogP contribution >= 0.6 is 0 Å². The lowest BCUT2D eigenvalue weighted by atomic mass is 10.1. The van der Waals surface area contributed by atoms with E-state index in [0.29, 0.717) is 5.70 Å². The number of rotatable bonds is 7. The van der Waals surface area contributed by atoms with Crippen molar-refractivity contribution in [2.75, 3.05) is 19.7 Å². The van der Waals surface area contributed by atoms with E-state index in [1.165, 1.54) is 17.1 Å². The molecule has 0 saturated carbocycles.